The van der Waals surface area contributed by atoms with Gasteiger partial charge >= 0.3 is 0 Å². The van der Waals surface area contributed by atoms with Gasteiger partial charge in [-0.15, -0.1) is 0 Å². The maximum atomic E-state index is 9.08. The Kier molecular flexibility index (Phi) is 2.50. The summed E-state index contributed by atoms with van der Waals surface area (Å²) in [7, 11) is 0. The highest BCUT2D eigenvalue weighted by Crippen LogP contribution is 2.37. The molecule has 0 radical (unpaired) electrons. The van der Waals surface area contributed by atoms with E-state index in [1.165, 1.54) is 5.56 Å². The largest absolute Gasteiger partial charge is 0.283 e. The highest BCUT2D eigenvalue weighted by atomic mass is 15.2. The van der Waals surface area contributed by atoms with Crippen LogP contribution in [0.5, 0.6) is 0 Å². The van der Waals surface area contributed by atoms with Crippen LogP contribution in [0, 0.1) is 16.7 Å². The van der Waals surface area contributed by atoms with Crippen molar-refractivity contribution in [3.05, 3.63) is 35.9 Å². The first-order chi connectivity index (χ1) is 7.13. The van der Waals surface area contributed by atoms with Gasteiger partial charge in [-0.2, -0.15) is 5.26 Å². The highest BCUT2D eigenvalue weighted by Gasteiger charge is 2.45. The highest BCUT2D eigenvalue weighted by molar-refractivity contribution is 5.18. The summed E-state index contributed by atoms with van der Waals surface area (Å²) in [5.74, 6) is 0. The van der Waals surface area contributed by atoms with Crippen molar-refractivity contribution in [1.82, 2.24) is 4.90 Å². The van der Waals surface area contributed by atoms with Crippen molar-refractivity contribution < 1.29 is 0 Å². The van der Waals surface area contributed by atoms with Crippen molar-refractivity contribution in [2.75, 3.05) is 6.54 Å². The molecule has 1 aromatic rings. The maximum Gasteiger partial charge on any atom is 0.104 e. The normalized spacial score (nSPS) is 24.2. The third kappa shape index (κ3) is 1.88. The molecule has 1 atom stereocenters. The minimum Gasteiger partial charge on any atom is -0.283 e. The number of hydrogen-bond donors (Lipinski definition) is 0. The average molecular weight is 200 g/mol. The molecule has 1 fully saturated rings. The lowest BCUT2D eigenvalue weighted by molar-refractivity contribution is -0.0223. The van der Waals surface area contributed by atoms with E-state index >= 15 is 0 Å². The van der Waals surface area contributed by atoms with Crippen LogP contribution in [0.4, 0.5) is 0 Å². The Morgan fingerprint density at radius 3 is 2.60 bits per heavy atom. The second-order valence-electron chi connectivity index (χ2n) is 4.91. The average Bonchev–Trinajstić information content (AvgIpc) is 2.18. The number of rotatable bonds is 2. The van der Waals surface area contributed by atoms with E-state index in [4.69, 9.17) is 5.26 Å². The molecule has 1 heterocycles. The van der Waals surface area contributed by atoms with Crippen LogP contribution in [0.2, 0.25) is 0 Å². The van der Waals surface area contributed by atoms with E-state index in [0.717, 1.165) is 13.1 Å². The van der Waals surface area contributed by atoms with Gasteiger partial charge in [0.15, 0.2) is 0 Å². The smallest absolute Gasteiger partial charge is 0.104 e. The summed E-state index contributed by atoms with van der Waals surface area (Å²) in [5, 5.41) is 9.08. The Morgan fingerprint density at radius 1 is 1.40 bits per heavy atom. The van der Waals surface area contributed by atoms with Crippen LogP contribution in [0.1, 0.15) is 19.4 Å². The summed E-state index contributed by atoms with van der Waals surface area (Å²) in [6, 6.07) is 12.8. The summed E-state index contributed by atoms with van der Waals surface area (Å²) in [4.78, 5) is 2.23. The minimum atomic E-state index is 0.0673. The van der Waals surface area contributed by atoms with Gasteiger partial charge in [0.1, 0.15) is 6.04 Å². The molecule has 0 N–H and O–H groups in total. The van der Waals surface area contributed by atoms with Crippen LogP contribution >= 0.6 is 0 Å². The number of nitriles is 1. The lowest BCUT2D eigenvalue weighted by Crippen LogP contribution is -2.60. The first-order valence-corrected chi connectivity index (χ1v) is 5.31. The zero-order valence-electron chi connectivity index (χ0n) is 9.27. The Balaban J connectivity index is 2.02. The van der Waals surface area contributed by atoms with E-state index in [-0.39, 0.29) is 11.5 Å². The lowest BCUT2D eigenvalue weighted by Gasteiger charge is -2.50. The summed E-state index contributed by atoms with van der Waals surface area (Å²) in [5.41, 5.74) is 1.44. The molecular weight excluding hydrogens is 184 g/mol. The molecule has 0 bridgehead atoms. The zero-order chi connectivity index (χ0) is 10.9. The monoisotopic (exact) mass is 200 g/mol. The van der Waals surface area contributed by atoms with Gasteiger partial charge in [-0.25, -0.2) is 0 Å². The molecule has 1 saturated heterocycles. The van der Waals surface area contributed by atoms with Crippen molar-refractivity contribution in [1.29, 1.82) is 5.26 Å². The molecule has 0 spiro atoms. The van der Waals surface area contributed by atoms with Crippen LogP contribution in [0.15, 0.2) is 30.3 Å². The molecule has 2 heteroatoms. The van der Waals surface area contributed by atoms with Gasteiger partial charge in [0.25, 0.3) is 0 Å². The van der Waals surface area contributed by atoms with E-state index in [1.807, 2.05) is 18.2 Å². The summed E-state index contributed by atoms with van der Waals surface area (Å²) in [6.07, 6.45) is 0. The molecule has 1 aromatic carbocycles. The van der Waals surface area contributed by atoms with Crippen molar-refractivity contribution in [3.63, 3.8) is 0 Å². The fourth-order valence-corrected chi connectivity index (χ4v) is 2.30. The van der Waals surface area contributed by atoms with Gasteiger partial charge in [-0.05, 0) is 5.56 Å². The molecule has 1 aliphatic heterocycles. The molecule has 15 heavy (non-hydrogen) atoms. The number of likely N-dealkylation sites (tertiary alicyclic amines) is 1. The van der Waals surface area contributed by atoms with Crippen LogP contribution in [0.3, 0.4) is 0 Å². The number of nitrogens with zero attached hydrogens (tertiary/aromatic N) is 2. The Morgan fingerprint density at radius 2 is 2.07 bits per heavy atom. The molecular formula is C13H16N2. The van der Waals surface area contributed by atoms with E-state index in [2.05, 4.69) is 36.9 Å². The zero-order valence-corrected chi connectivity index (χ0v) is 9.27. The van der Waals surface area contributed by atoms with Crippen LogP contribution in [-0.2, 0) is 6.54 Å². The van der Waals surface area contributed by atoms with Gasteiger partial charge in [-0.1, -0.05) is 44.2 Å². The number of benzene rings is 1. The van der Waals surface area contributed by atoms with Crippen molar-refractivity contribution in [2.45, 2.75) is 26.4 Å². The first kappa shape index (κ1) is 10.2. The van der Waals surface area contributed by atoms with Crippen molar-refractivity contribution >= 4 is 0 Å². The van der Waals surface area contributed by atoms with Gasteiger partial charge in [0.2, 0.25) is 0 Å². The summed E-state index contributed by atoms with van der Waals surface area (Å²) in [6.45, 7) is 6.22. The van der Waals surface area contributed by atoms with Gasteiger partial charge in [-0.3, -0.25) is 4.90 Å². The predicted molar refractivity (Wildman–Crippen MR) is 60.0 cm³/mol. The third-order valence-corrected chi connectivity index (χ3v) is 3.07. The van der Waals surface area contributed by atoms with E-state index < -0.39 is 0 Å². The SMILES string of the molecule is CC1(C)CN(Cc2ccccc2)C1C#N. The topological polar surface area (TPSA) is 27.0 Å². The second kappa shape index (κ2) is 3.67. The predicted octanol–water partition coefficient (Wildman–Crippen LogP) is 2.42. The van der Waals surface area contributed by atoms with Gasteiger partial charge < -0.3 is 0 Å². The molecule has 2 nitrogen and oxygen atoms in total. The maximum absolute atomic E-state index is 9.08. The third-order valence-electron chi connectivity index (χ3n) is 3.07. The Bertz CT molecular complexity index is 375. The molecule has 1 aliphatic rings. The molecule has 0 aliphatic carbocycles. The first-order valence-electron chi connectivity index (χ1n) is 5.31. The molecule has 1 unspecified atom stereocenters. The van der Waals surface area contributed by atoms with Crippen molar-refractivity contribution in [2.24, 2.45) is 5.41 Å². The van der Waals surface area contributed by atoms with Crippen LogP contribution in [-0.4, -0.2) is 17.5 Å². The minimum absolute atomic E-state index is 0.0673. The van der Waals surface area contributed by atoms with E-state index in [1.54, 1.807) is 0 Å². The summed E-state index contributed by atoms with van der Waals surface area (Å²) < 4.78 is 0. The van der Waals surface area contributed by atoms with Gasteiger partial charge in [0, 0.05) is 18.5 Å². The van der Waals surface area contributed by atoms with E-state index in [0.29, 0.717) is 0 Å². The Hall–Kier alpha value is -1.33. The van der Waals surface area contributed by atoms with E-state index in [9.17, 15) is 0 Å². The molecule has 0 amide bonds. The Labute approximate surface area is 91.1 Å². The molecule has 0 saturated carbocycles. The fourth-order valence-electron chi connectivity index (χ4n) is 2.30. The molecule has 0 aromatic heterocycles. The molecule has 2 rings (SSSR count). The summed E-state index contributed by atoms with van der Waals surface area (Å²) >= 11 is 0. The van der Waals surface area contributed by atoms with Crippen LogP contribution in [0.25, 0.3) is 0 Å². The van der Waals surface area contributed by atoms with Crippen LogP contribution < -0.4 is 0 Å². The fraction of sp³-hybridized carbons (Fsp3) is 0.462. The van der Waals surface area contributed by atoms with Crippen molar-refractivity contribution in [3.8, 4) is 6.07 Å². The van der Waals surface area contributed by atoms with Gasteiger partial charge in [0.05, 0.1) is 6.07 Å². The lowest BCUT2D eigenvalue weighted by atomic mass is 9.75. The quantitative estimate of drug-likeness (QED) is 0.733. The number of hydrogen-bond acceptors (Lipinski definition) is 2. The standard InChI is InChI=1S/C13H16N2/c1-13(2)10-15(12(13)8-14)9-11-6-4-3-5-7-11/h3-7,12H,9-10H2,1-2H3. The second-order valence-corrected chi connectivity index (χ2v) is 4.91. The molecule has 78 valence electrons.